The van der Waals surface area contributed by atoms with E-state index in [-0.39, 0.29) is 17.5 Å². The molecule has 1 fully saturated rings. The number of hydrogen-bond donors (Lipinski definition) is 1. The highest BCUT2D eigenvalue weighted by molar-refractivity contribution is 5.90. The molecule has 1 aromatic rings. The third-order valence-electron chi connectivity index (χ3n) is 3.97. The number of primary amides is 1. The Morgan fingerprint density at radius 1 is 1.41 bits per heavy atom. The third-order valence-corrected chi connectivity index (χ3v) is 3.97. The van der Waals surface area contributed by atoms with Gasteiger partial charge in [-0.25, -0.2) is 9.97 Å². The molecule has 1 aliphatic rings. The minimum Gasteiger partial charge on any atom is -0.364 e. The van der Waals surface area contributed by atoms with Crippen LogP contribution in [0.1, 0.15) is 48.7 Å². The summed E-state index contributed by atoms with van der Waals surface area (Å²) in [5.74, 6) is 0.624. The van der Waals surface area contributed by atoms with Gasteiger partial charge in [0.1, 0.15) is 11.5 Å². The molecule has 1 aromatic heterocycles. The number of nitrogens with two attached hydrogens (primary N) is 1. The van der Waals surface area contributed by atoms with Crippen LogP contribution < -0.4 is 5.73 Å². The average Bonchev–Trinajstić information content (AvgIpc) is 2.46. The summed E-state index contributed by atoms with van der Waals surface area (Å²) >= 11 is 0. The van der Waals surface area contributed by atoms with Crippen LogP contribution in [-0.2, 0) is 11.2 Å². The van der Waals surface area contributed by atoms with Crippen LogP contribution in [0.4, 0.5) is 0 Å². The first kappa shape index (κ1) is 16.4. The van der Waals surface area contributed by atoms with Crippen molar-refractivity contribution in [1.82, 2.24) is 14.9 Å². The molecule has 6 heteroatoms. The second-order valence-corrected chi connectivity index (χ2v) is 6.31. The highest BCUT2D eigenvalue weighted by Gasteiger charge is 2.25. The minimum atomic E-state index is -0.535. The Balaban J connectivity index is 2.07. The number of piperidine rings is 1. The van der Waals surface area contributed by atoms with Gasteiger partial charge in [0.15, 0.2) is 0 Å². The van der Waals surface area contributed by atoms with Gasteiger partial charge in [-0.15, -0.1) is 0 Å². The molecule has 0 bridgehead atoms. The van der Waals surface area contributed by atoms with Crippen molar-refractivity contribution >= 4 is 11.8 Å². The van der Waals surface area contributed by atoms with Crippen LogP contribution in [-0.4, -0.2) is 39.8 Å². The van der Waals surface area contributed by atoms with Crippen LogP contribution in [0.25, 0.3) is 0 Å². The molecule has 22 heavy (non-hydrogen) atoms. The molecule has 0 aromatic carbocycles. The Morgan fingerprint density at radius 3 is 2.77 bits per heavy atom. The number of aromatic nitrogens is 2. The average molecular weight is 304 g/mol. The Kier molecular flexibility index (Phi) is 5.11. The van der Waals surface area contributed by atoms with Crippen LogP contribution in [0, 0.1) is 18.8 Å². The topological polar surface area (TPSA) is 89.2 Å². The summed E-state index contributed by atoms with van der Waals surface area (Å²) in [7, 11) is 0. The Bertz CT molecular complexity index is 571. The summed E-state index contributed by atoms with van der Waals surface area (Å²) in [6.07, 6.45) is 2.82. The fraction of sp³-hybridized carbons (Fsp3) is 0.625. The zero-order chi connectivity index (χ0) is 16.3. The van der Waals surface area contributed by atoms with E-state index in [0.29, 0.717) is 11.7 Å². The molecule has 1 aliphatic heterocycles. The molecule has 0 radical (unpaired) electrons. The van der Waals surface area contributed by atoms with Gasteiger partial charge in [0.25, 0.3) is 5.91 Å². The van der Waals surface area contributed by atoms with E-state index in [1.165, 1.54) is 0 Å². The molecule has 2 amide bonds. The largest absolute Gasteiger partial charge is 0.364 e. The molecule has 1 atom stereocenters. The van der Waals surface area contributed by atoms with Gasteiger partial charge in [0, 0.05) is 24.7 Å². The maximum absolute atomic E-state index is 12.1. The van der Waals surface area contributed by atoms with E-state index in [2.05, 4.69) is 9.97 Å². The molecule has 0 spiro atoms. The number of nitrogens with zero attached hydrogens (tertiary/aromatic N) is 3. The lowest BCUT2D eigenvalue weighted by molar-refractivity contribution is -0.136. The molecular formula is C16H24N4O2. The molecule has 6 nitrogen and oxygen atoms in total. The van der Waals surface area contributed by atoms with Crippen molar-refractivity contribution < 1.29 is 9.59 Å². The number of amides is 2. The number of rotatable bonds is 4. The smallest absolute Gasteiger partial charge is 0.267 e. The lowest BCUT2D eigenvalue weighted by Crippen LogP contribution is -2.42. The van der Waals surface area contributed by atoms with E-state index in [0.717, 1.165) is 38.0 Å². The SMILES string of the molecule is Cc1nc(C[C@@H]2CCCN(C(=O)C(C)C)C2)cc(C(N)=O)n1. The van der Waals surface area contributed by atoms with Crippen molar-refractivity contribution in [3.63, 3.8) is 0 Å². The first-order chi connectivity index (χ1) is 10.4. The van der Waals surface area contributed by atoms with E-state index >= 15 is 0 Å². The van der Waals surface area contributed by atoms with Gasteiger partial charge in [-0.2, -0.15) is 0 Å². The van der Waals surface area contributed by atoms with E-state index < -0.39 is 5.91 Å². The van der Waals surface area contributed by atoms with Crippen LogP contribution in [0.15, 0.2) is 6.07 Å². The quantitative estimate of drug-likeness (QED) is 0.908. The molecule has 0 aliphatic carbocycles. The summed E-state index contributed by atoms with van der Waals surface area (Å²) in [4.78, 5) is 33.8. The van der Waals surface area contributed by atoms with Crippen molar-refractivity contribution in [3.8, 4) is 0 Å². The second-order valence-electron chi connectivity index (χ2n) is 6.31. The number of aryl methyl sites for hydroxylation is 1. The summed E-state index contributed by atoms with van der Waals surface area (Å²) in [5.41, 5.74) is 6.38. The molecule has 2 N–H and O–H groups in total. The lowest BCUT2D eigenvalue weighted by atomic mass is 9.92. The van der Waals surface area contributed by atoms with Crippen molar-refractivity contribution in [2.75, 3.05) is 13.1 Å². The van der Waals surface area contributed by atoms with Gasteiger partial charge in [-0.1, -0.05) is 13.8 Å². The van der Waals surface area contributed by atoms with Crippen LogP contribution in [0.5, 0.6) is 0 Å². The van der Waals surface area contributed by atoms with Gasteiger partial charge < -0.3 is 10.6 Å². The predicted octanol–water partition coefficient (Wildman–Crippen LogP) is 1.32. The first-order valence-corrected chi connectivity index (χ1v) is 7.80. The Morgan fingerprint density at radius 2 is 2.14 bits per heavy atom. The zero-order valence-corrected chi connectivity index (χ0v) is 13.5. The van der Waals surface area contributed by atoms with Crippen LogP contribution in [0.3, 0.4) is 0 Å². The maximum atomic E-state index is 12.1. The normalized spacial score (nSPS) is 18.5. The van der Waals surface area contributed by atoms with Gasteiger partial charge in [0.2, 0.25) is 5.91 Å². The third kappa shape index (κ3) is 4.02. The number of carbonyl (C=O) groups is 2. The van der Waals surface area contributed by atoms with Crippen molar-refractivity contribution in [3.05, 3.63) is 23.3 Å². The molecule has 0 saturated carbocycles. The van der Waals surface area contributed by atoms with Crippen molar-refractivity contribution in [2.45, 2.75) is 40.0 Å². The fourth-order valence-corrected chi connectivity index (χ4v) is 2.95. The summed E-state index contributed by atoms with van der Waals surface area (Å²) in [6, 6.07) is 1.67. The Labute approximate surface area is 131 Å². The molecule has 2 rings (SSSR count). The highest BCUT2D eigenvalue weighted by Crippen LogP contribution is 2.21. The van der Waals surface area contributed by atoms with E-state index in [1.807, 2.05) is 18.7 Å². The van der Waals surface area contributed by atoms with E-state index in [9.17, 15) is 9.59 Å². The van der Waals surface area contributed by atoms with Gasteiger partial charge in [0.05, 0.1) is 0 Å². The predicted molar refractivity (Wildman–Crippen MR) is 83.1 cm³/mol. The number of hydrogen-bond acceptors (Lipinski definition) is 4. The summed E-state index contributed by atoms with van der Waals surface area (Å²) in [6.45, 7) is 7.21. The van der Waals surface area contributed by atoms with Crippen LogP contribution >= 0.6 is 0 Å². The van der Waals surface area contributed by atoms with E-state index in [4.69, 9.17) is 5.73 Å². The van der Waals surface area contributed by atoms with Crippen LogP contribution in [0.2, 0.25) is 0 Å². The molecule has 120 valence electrons. The summed E-state index contributed by atoms with van der Waals surface area (Å²) < 4.78 is 0. The Hall–Kier alpha value is -1.98. The monoisotopic (exact) mass is 304 g/mol. The molecule has 2 heterocycles. The summed E-state index contributed by atoms with van der Waals surface area (Å²) in [5, 5.41) is 0. The van der Waals surface area contributed by atoms with Gasteiger partial charge >= 0.3 is 0 Å². The fourth-order valence-electron chi connectivity index (χ4n) is 2.95. The lowest BCUT2D eigenvalue weighted by Gasteiger charge is -2.33. The zero-order valence-electron chi connectivity index (χ0n) is 13.5. The standard InChI is InChI=1S/C16H24N4O2/c1-10(2)16(22)20-6-4-5-12(9-20)7-13-8-14(15(17)21)19-11(3)18-13/h8,10,12H,4-7,9H2,1-3H3,(H2,17,21)/t12-/m0/s1. The highest BCUT2D eigenvalue weighted by atomic mass is 16.2. The number of likely N-dealkylation sites (tertiary alicyclic amines) is 1. The van der Waals surface area contributed by atoms with E-state index in [1.54, 1.807) is 13.0 Å². The van der Waals surface area contributed by atoms with Crippen molar-refractivity contribution in [2.24, 2.45) is 17.6 Å². The number of carbonyl (C=O) groups excluding carboxylic acids is 2. The second kappa shape index (κ2) is 6.85. The van der Waals surface area contributed by atoms with Gasteiger partial charge in [-0.05, 0) is 38.2 Å². The molecule has 1 saturated heterocycles. The first-order valence-electron chi connectivity index (χ1n) is 7.80. The molecular weight excluding hydrogens is 280 g/mol. The minimum absolute atomic E-state index is 0.0292. The molecule has 0 unspecified atom stereocenters. The maximum Gasteiger partial charge on any atom is 0.267 e. The van der Waals surface area contributed by atoms with Gasteiger partial charge in [-0.3, -0.25) is 9.59 Å². The van der Waals surface area contributed by atoms with Crippen molar-refractivity contribution in [1.29, 1.82) is 0 Å².